The van der Waals surface area contributed by atoms with Crippen LogP contribution in [-0.4, -0.2) is 73.0 Å². The number of rotatable bonds is 5. The highest BCUT2D eigenvalue weighted by atomic mass is 35.5. The zero-order valence-electron chi connectivity index (χ0n) is 19.3. The van der Waals surface area contributed by atoms with Crippen molar-refractivity contribution in [3.8, 4) is 16.9 Å². The van der Waals surface area contributed by atoms with E-state index in [1.165, 1.54) is 0 Å². The molecule has 7 nitrogen and oxygen atoms in total. The number of nitrogens with zero attached hydrogens (tertiary/aromatic N) is 3. The van der Waals surface area contributed by atoms with Crippen LogP contribution in [0.3, 0.4) is 0 Å². The van der Waals surface area contributed by atoms with Crippen molar-refractivity contribution >= 4 is 45.0 Å². The van der Waals surface area contributed by atoms with E-state index < -0.39 is 6.10 Å². The van der Waals surface area contributed by atoms with Crippen molar-refractivity contribution in [2.24, 2.45) is 0 Å². The van der Waals surface area contributed by atoms with Crippen molar-refractivity contribution in [3.63, 3.8) is 0 Å². The molecule has 0 aliphatic carbocycles. The first-order chi connectivity index (χ1) is 16.4. The second-order valence-corrected chi connectivity index (χ2v) is 10.5. The molecule has 0 radical (unpaired) electrons. The van der Waals surface area contributed by atoms with Crippen LogP contribution in [0.4, 0.5) is 0 Å². The Bertz CT molecular complexity index is 1250. The lowest BCUT2D eigenvalue weighted by Crippen LogP contribution is -2.50. The second-order valence-electron chi connectivity index (χ2n) is 8.90. The number of benzene rings is 1. The van der Waals surface area contributed by atoms with E-state index in [9.17, 15) is 9.59 Å². The molecular formula is C25H27ClN4O3S. The van der Waals surface area contributed by atoms with Crippen molar-refractivity contribution in [1.82, 2.24) is 20.1 Å². The van der Waals surface area contributed by atoms with Gasteiger partial charge >= 0.3 is 0 Å². The summed E-state index contributed by atoms with van der Waals surface area (Å²) < 4.78 is 7.31. The molecule has 2 amide bonds. The van der Waals surface area contributed by atoms with Crippen LogP contribution in [0.2, 0.25) is 5.02 Å². The number of amides is 2. The zero-order valence-corrected chi connectivity index (χ0v) is 20.8. The van der Waals surface area contributed by atoms with Gasteiger partial charge in [-0.05, 0) is 30.7 Å². The van der Waals surface area contributed by atoms with Crippen molar-refractivity contribution in [3.05, 3.63) is 45.9 Å². The summed E-state index contributed by atoms with van der Waals surface area (Å²) in [6.07, 6.45) is 2.90. The van der Waals surface area contributed by atoms with Crippen LogP contribution >= 0.6 is 22.9 Å². The van der Waals surface area contributed by atoms with Gasteiger partial charge in [0.25, 0.3) is 5.91 Å². The molecule has 4 heterocycles. The van der Waals surface area contributed by atoms with Gasteiger partial charge in [0.05, 0.1) is 10.2 Å². The Kier molecular flexibility index (Phi) is 6.46. The molecule has 0 saturated carbocycles. The lowest BCUT2D eigenvalue weighted by Gasteiger charge is -2.29. The Morgan fingerprint density at radius 2 is 2.03 bits per heavy atom. The largest absolute Gasteiger partial charge is 0.479 e. The Labute approximate surface area is 207 Å². The minimum absolute atomic E-state index is 0.0311. The molecule has 3 aromatic rings. The van der Waals surface area contributed by atoms with Gasteiger partial charge in [-0.1, -0.05) is 11.6 Å². The predicted octanol–water partition coefficient (Wildman–Crippen LogP) is 3.37. The maximum absolute atomic E-state index is 13.1. The van der Waals surface area contributed by atoms with Gasteiger partial charge in [0.15, 0.2) is 6.10 Å². The van der Waals surface area contributed by atoms with Crippen molar-refractivity contribution < 1.29 is 14.3 Å². The highest BCUT2D eigenvalue weighted by Crippen LogP contribution is 2.44. The number of aromatic nitrogens is 1. The summed E-state index contributed by atoms with van der Waals surface area (Å²) in [6, 6.07) is 7.82. The minimum atomic E-state index is -0.529. The van der Waals surface area contributed by atoms with Crippen molar-refractivity contribution in [2.45, 2.75) is 25.4 Å². The lowest BCUT2D eigenvalue weighted by molar-refractivity contribution is -0.138. The third-order valence-electron chi connectivity index (χ3n) is 6.34. The van der Waals surface area contributed by atoms with Crippen LogP contribution in [-0.2, 0) is 22.4 Å². The molecule has 5 rings (SSSR count). The molecule has 1 atom stereocenters. The van der Waals surface area contributed by atoms with Crippen LogP contribution in [0.5, 0.6) is 5.75 Å². The first-order valence-corrected chi connectivity index (χ1v) is 12.7. The van der Waals surface area contributed by atoms with Gasteiger partial charge in [-0.2, -0.15) is 0 Å². The number of piperazine rings is 1. The summed E-state index contributed by atoms with van der Waals surface area (Å²) in [5, 5.41) is 3.89. The van der Waals surface area contributed by atoms with E-state index in [-0.39, 0.29) is 11.8 Å². The molecule has 2 aromatic heterocycles. The quantitative estimate of drug-likeness (QED) is 0.583. The van der Waals surface area contributed by atoms with Crippen molar-refractivity contribution in [2.75, 3.05) is 40.3 Å². The molecule has 9 heteroatoms. The third-order valence-corrected chi connectivity index (χ3v) is 7.77. The molecular weight excluding hydrogens is 472 g/mol. The monoisotopic (exact) mass is 498 g/mol. The Balaban J connectivity index is 1.46. The van der Waals surface area contributed by atoms with Gasteiger partial charge in [0.1, 0.15) is 5.75 Å². The molecule has 0 unspecified atom stereocenters. The highest BCUT2D eigenvalue weighted by Gasteiger charge is 2.35. The summed E-state index contributed by atoms with van der Waals surface area (Å²) in [5.74, 6) is 0.860. The molecule has 1 fully saturated rings. The van der Waals surface area contributed by atoms with E-state index in [0.29, 0.717) is 37.4 Å². The smallest absolute Gasteiger partial charge is 0.264 e. The molecule has 2 aliphatic rings. The fourth-order valence-corrected chi connectivity index (χ4v) is 5.91. The van der Waals surface area contributed by atoms with Crippen LogP contribution < -0.4 is 10.1 Å². The summed E-state index contributed by atoms with van der Waals surface area (Å²) in [6.45, 7) is 3.00. The standard InChI is InChI=1S/C25H27ClN4O3S/c1-29(2)22(31)4-3-17-14-20-24(34-17)18(5-6-28-20)19-13-16(26)11-15-12-21(33-23(15)19)25(32)30-9-7-27-8-10-30/h5-6,11,13-14,21,27H,3-4,7-10,12H2,1-2H3/t21-/m1/s1. The number of halogens is 1. The fourth-order valence-electron chi connectivity index (χ4n) is 4.53. The number of ether oxygens (including phenoxy) is 1. The van der Waals surface area contributed by atoms with E-state index in [4.69, 9.17) is 16.3 Å². The molecule has 1 aromatic carbocycles. The average Bonchev–Trinajstić information content (AvgIpc) is 3.45. The summed E-state index contributed by atoms with van der Waals surface area (Å²) in [7, 11) is 3.54. The van der Waals surface area contributed by atoms with E-state index in [0.717, 1.165) is 50.6 Å². The maximum Gasteiger partial charge on any atom is 0.264 e. The number of carbonyl (C=O) groups excluding carboxylic acids is 2. The van der Waals surface area contributed by atoms with Crippen LogP contribution in [0.1, 0.15) is 16.9 Å². The fraction of sp³-hybridized carbons (Fsp3) is 0.400. The first kappa shape index (κ1) is 23.1. The number of nitrogens with one attached hydrogen (secondary N) is 1. The molecule has 34 heavy (non-hydrogen) atoms. The topological polar surface area (TPSA) is 74.8 Å². The SMILES string of the molecule is CN(C)C(=O)CCc1cc2nccc(-c3cc(Cl)cc4c3O[C@@H](C(=O)N3CCNCC3)C4)c2s1. The molecule has 2 aliphatic heterocycles. The molecule has 0 spiro atoms. The number of hydrogen-bond donors (Lipinski definition) is 1. The minimum Gasteiger partial charge on any atom is -0.479 e. The molecule has 1 saturated heterocycles. The van der Waals surface area contributed by atoms with E-state index in [2.05, 4.69) is 16.4 Å². The Morgan fingerprint density at radius 1 is 1.24 bits per heavy atom. The maximum atomic E-state index is 13.1. The lowest BCUT2D eigenvalue weighted by atomic mass is 10.0. The van der Waals surface area contributed by atoms with E-state index >= 15 is 0 Å². The third kappa shape index (κ3) is 4.50. The molecule has 178 valence electrons. The number of hydrogen-bond acceptors (Lipinski definition) is 6. The summed E-state index contributed by atoms with van der Waals surface area (Å²) in [5.41, 5.74) is 3.70. The van der Waals surface area contributed by atoms with Gasteiger partial charge in [-0.15, -0.1) is 11.3 Å². The summed E-state index contributed by atoms with van der Waals surface area (Å²) in [4.78, 5) is 34.3. The number of fused-ring (bicyclic) bond motifs is 2. The van der Waals surface area contributed by atoms with Gasteiger partial charge in [-0.25, -0.2) is 0 Å². The van der Waals surface area contributed by atoms with Crippen LogP contribution in [0.15, 0.2) is 30.5 Å². The summed E-state index contributed by atoms with van der Waals surface area (Å²) >= 11 is 8.15. The van der Waals surface area contributed by atoms with Crippen molar-refractivity contribution in [1.29, 1.82) is 0 Å². The number of aryl methyl sites for hydroxylation is 1. The normalized spacial score (nSPS) is 17.5. The second kappa shape index (κ2) is 9.52. The van der Waals surface area contributed by atoms with Crippen LogP contribution in [0.25, 0.3) is 21.3 Å². The van der Waals surface area contributed by atoms with Gasteiger partial charge < -0.3 is 19.9 Å². The van der Waals surface area contributed by atoms with Gasteiger partial charge in [-0.3, -0.25) is 14.6 Å². The van der Waals surface area contributed by atoms with Crippen LogP contribution in [0, 0.1) is 0 Å². The van der Waals surface area contributed by atoms with Gasteiger partial charge in [0, 0.05) is 85.9 Å². The Hall–Kier alpha value is -2.68. The molecule has 1 N–H and O–H groups in total. The number of thiophene rings is 1. The Morgan fingerprint density at radius 3 is 2.79 bits per heavy atom. The number of carbonyl (C=O) groups is 2. The zero-order chi connectivity index (χ0) is 23.8. The highest BCUT2D eigenvalue weighted by molar-refractivity contribution is 7.19. The van der Waals surface area contributed by atoms with E-state index in [1.54, 1.807) is 36.5 Å². The molecule has 0 bridgehead atoms. The first-order valence-electron chi connectivity index (χ1n) is 11.5. The predicted molar refractivity (Wildman–Crippen MR) is 135 cm³/mol. The van der Waals surface area contributed by atoms with E-state index in [1.807, 2.05) is 23.1 Å². The average molecular weight is 499 g/mol. The van der Waals surface area contributed by atoms with Gasteiger partial charge in [0.2, 0.25) is 5.91 Å². The number of pyridine rings is 1.